The van der Waals surface area contributed by atoms with Crippen molar-refractivity contribution in [1.29, 1.82) is 0 Å². The number of benzene rings is 2. The molecule has 1 aliphatic heterocycles. The van der Waals surface area contributed by atoms with Crippen molar-refractivity contribution in [2.75, 3.05) is 31.7 Å². The second-order valence-electron chi connectivity index (χ2n) is 6.79. The summed E-state index contributed by atoms with van der Waals surface area (Å²) in [6.45, 7) is 3.46. The molecule has 0 saturated carbocycles. The lowest BCUT2D eigenvalue weighted by Gasteiger charge is -2.18. The van der Waals surface area contributed by atoms with E-state index in [1.54, 1.807) is 12.0 Å². The molecule has 3 amide bonds. The Hall–Kier alpha value is -3.22. The minimum atomic E-state index is -0.272. The van der Waals surface area contributed by atoms with Crippen LogP contribution in [0.15, 0.2) is 48.5 Å². The quantitative estimate of drug-likeness (QED) is 0.718. The first kappa shape index (κ1) is 20.5. The van der Waals surface area contributed by atoms with E-state index in [4.69, 9.17) is 9.47 Å². The molecule has 7 nitrogen and oxygen atoms in total. The maximum absolute atomic E-state index is 12.4. The van der Waals surface area contributed by atoms with Crippen molar-refractivity contribution in [2.45, 2.75) is 25.8 Å². The largest absolute Gasteiger partial charge is 0.496 e. The summed E-state index contributed by atoms with van der Waals surface area (Å²) in [5.41, 5.74) is 1.84. The molecule has 2 N–H and O–H groups in total. The van der Waals surface area contributed by atoms with Gasteiger partial charge in [0.05, 0.1) is 19.8 Å². The van der Waals surface area contributed by atoms with Gasteiger partial charge in [-0.2, -0.15) is 0 Å². The molecule has 1 saturated heterocycles. The van der Waals surface area contributed by atoms with Gasteiger partial charge in [-0.1, -0.05) is 18.2 Å². The maximum Gasteiger partial charge on any atom is 0.315 e. The fraction of sp³-hybridized carbons (Fsp3) is 0.364. The Labute approximate surface area is 171 Å². The van der Waals surface area contributed by atoms with E-state index < -0.39 is 0 Å². The highest BCUT2D eigenvalue weighted by Crippen LogP contribution is 2.24. The fourth-order valence-electron chi connectivity index (χ4n) is 3.40. The number of ether oxygens (including phenoxy) is 2. The highest BCUT2D eigenvalue weighted by atomic mass is 16.5. The lowest BCUT2D eigenvalue weighted by atomic mass is 10.1. The Kier molecular flexibility index (Phi) is 6.94. The number of rotatable bonds is 8. The number of amides is 3. The number of methoxy groups -OCH3 is 1. The van der Waals surface area contributed by atoms with Crippen molar-refractivity contribution in [1.82, 2.24) is 10.6 Å². The van der Waals surface area contributed by atoms with E-state index in [1.807, 2.05) is 55.5 Å². The van der Waals surface area contributed by atoms with Crippen LogP contribution in [0.4, 0.5) is 10.5 Å². The summed E-state index contributed by atoms with van der Waals surface area (Å²) in [5.74, 6) is 1.57. The number of hydrogen-bond acceptors (Lipinski definition) is 4. The molecule has 7 heteroatoms. The van der Waals surface area contributed by atoms with Crippen LogP contribution in [-0.2, 0) is 11.2 Å². The number of para-hydroxylation sites is 1. The number of hydrogen-bond donors (Lipinski definition) is 2. The summed E-state index contributed by atoms with van der Waals surface area (Å²) in [7, 11) is 1.63. The van der Waals surface area contributed by atoms with Gasteiger partial charge in [0.25, 0.3) is 0 Å². The van der Waals surface area contributed by atoms with Gasteiger partial charge in [0.2, 0.25) is 5.91 Å². The number of nitrogens with one attached hydrogen (secondary N) is 2. The van der Waals surface area contributed by atoms with E-state index in [2.05, 4.69) is 10.6 Å². The summed E-state index contributed by atoms with van der Waals surface area (Å²) >= 11 is 0. The van der Waals surface area contributed by atoms with Gasteiger partial charge in [-0.15, -0.1) is 0 Å². The van der Waals surface area contributed by atoms with E-state index in [0.717, 1.165) is 22.7 Å². The molecule has 1 heterocycles. The number of carbonyl (C=O) groups is 2. The molecular formula is C22H27N3O4. The van der Waals surface area contributed by atoms with Crippen LogP contribution in [0, 0.1) is 0 Å². The molecular weight excluding hydrogens is 370 g/mol. The van der Waals surface area contributed by atoms with Crippen LogP contribution in [0.2, 0.25) is 0 Å². The molecule has 2 aromatic rings. The summed E-state index contributed by atoms with van der Waals surface area (Å²) in [5, 5.41) is 5.74. The van der Waals surface area contributed by atoms with Crippen LogP contribution in [0.5, 0.6) is 11.5 Å². The number of urea groups is 1. The van der Waals surface area contributed by atoms with E-state index in [1.165, 1.54) is 0 Å². The predicted octanol–water partition coefficient (Wildman–Crippen LogP) is 2.74. The van der Waals surface area contributed by atoms with Crippen molar-refractivity contribution in [3.63, 3.8) is 0 Å². The average molecular weight is 397 g/mol. The van der Waals surface area contributed by atoms with E-state index in [-0.39, 0.29) is 24.4 Å². The minimum absolute atomic E-state index is 0.00604. The maximum atomic E-state index is 12.4. The first-order chi connectivity index (χ1) is 14.1. The van der Waals surface area contributed by atoms with Gasteiger partial charge in [-0.05, 0) is 49.2 Å². The molecule has 0 radical (unpaired) electrons. The zero-order valence-corrected chi connectivity index (χ0v) is 16.8. The van der Waals surface area contributed by atoms with Gasteiger partial charge in [0.1, 0.15) is 11.5 Å². The molecule has 0 aliphatic carbocycles. The molecule has 154 valence electrons. The molecule has 0 spiro atoms. The lowest BCUT2D eigenvalue weighted by molar-refractivity contribution is -0.117. The molecule has 1 atom stereocenters. The zero-order chi connectivity index (χ0) is 20.6. The van der Waals surface area contributed by atoms with Crippen LogP contribution in [0.1, 0.15) is 18.9 Å². The normalized spacial score (nSPS) is 15.9. The molecule has 29 heavy (non-hydrogen) atoms. The Bertz CT molecular complexity index is 838. The number of nitrogens with zero attached hydrogens (tertiary/aromatic N) is 1. The molecule has 0 unspecified atom stereocenters. The first-order valence-corrected chi connectivity index (χ1v) is 9.80. The Morgan fingerprint density at radius 1 is 1.17 bits per heavy atom. The van der Waals surface area contributed by atoms with Crippen LogP contribution >= 0.6 is 0 Å². The fourth-order valence-corrected chi connectivity index (χ4v) is 3.40. The van der Waals surface area contributed by atoms with Gasteiger partial charge in [-0.3, -0.25) is 4.79 Å². The van der Waals surface area contributed by atoms with Crippen molar-refractivity contribution in [3.8, 4) is 11.5 Å². The standard InChI is InChI=1S/C22H27N3O4/c1-3-29-19-10-8-18(9-11-19)25-15-17(14-21(25)26)24-22(27)23-13-12-16-6-4-5-7-20(16)28-2/h4-11,17H,3,12-15H2,1-2H3,(H2,23,24,27)/t17-/m0/s1. The second kappa shape index (κ2) is 9.82. The van der Waals surface area contributed by atoms with Crippen LogP contribution in [0.3, 0.4) is 0 Å². The van der Waals surface area contributed by atoms with E-state index >= 15 is 0 Å². The van der Waals surface area contributed by atoms with E-state index in [9.17, 15) is 9.59 Å². The third kappa shape index (κ3) is 5.40. The van der Waals surface area contributed by atoms with Gasteiger partial charge in [0.15, 0.2) is 0 Å². The van der Waals surface area contributed by atoms with Crippen LogP contribution in [-0.4, -0.2) is 44.8 Å². The summed E-state index contributed by atoms with van der Waals surface area (Å²) in [4.78, 5) is 26.3. The Morgan fingerprint density at radius 3 is 2.66 bits per heavy atom. The average Bonchev–Trinajstić information content (AvgIpc) is 3.09. The van der Waals surface area contributed by atoms with Crippen molar-refractivity contribution in [3.05, 3.63) is 54.1 Å². The highest BCUT2D eigenvalue weighted by molar-refractivity contribution is 5.96. The number of carbonyl (C=O) groups excluding carboxylic acids is 2. The van der Waals surface area contributed by atoms with Gasteiger partial charge >= 0.3 is 6.03 Å². The Morgan fingerprint density at radius 2 is 1.93 bits per heavy atom. The zero-order valence-electron chi connectivity index (χ0n) is 16.8. The smallest absolute Gasteiger partial charge is 0.315 e. The monoisotopic (exact) mass is 397 g/mol. The SMILES string of the molecule is CCOc1ccc(N2C[C@@H](NC(=O)NCCc3ccccc3OC)CC2=O)cc1. The minimum Gasteiger partial charge on any atom is -0.496 e. The summed E-state index contributed by atoms with van der Waals surface area (Å²) in [6.07, 6.45) is 0.951. The molecule has 2 aromatic carbocycles. The van der Waals surface area contributed by atoms with Gasteiger partial charge in [0, 0.05) is 25.2 Å². The van der Waals surface area contributed by atoms with Crippen molar-refractivity contribution < 1.29 is 19.1 Å². The van der Waals surface area contributed by atoms with E-state index in [0.29, 0.717) is 26.1 Å². The lowest BCUT2D eigenvalue weighted by Crippen LogP contribution is -2.43. The molecule has 1 fully saturated rings. The molecule has 0 aromatic heterocycles. The third-order valence-electron chi connectivity index (χ3n) is 4.79. The van der Waals surface area contributed by atoms with Gasteiger partial charge in [-0.25, -0.2) is 4.79 Å². The van der Waals surface area contributed by atoms with Crippen molar-refractivity contribution >= 4 is 17.6 Å². The van der Waals surface area contributed by atoms with Crippen LogP contribution < -0.4 is 25.0 Å². The molecule has 1 aliphatic rings. The topological polar surface area (TPSA) is 79.9 Å². The molecule has 3 rings (SSSR count). The Balaban J connectivity index is 1.47. The summed E-state index contributed by atoms with van der Waals surface area (Å²) in [6, 6.07) is 14.6. The van der Waals surface area contributed by atoms with Gasteiger partial charge < -0.3 is 25.0 Å². The predicted molar refractivity (Wildman–Crippen MR) is 112 cm³/mol. The van der Waals surface area contributed by atoms with Crippen molar-refractivity contribution in [2.24, 2.45) is 0 Å². The highest BCUT2D eigenvalue weighted by Gasteiger charge is 2.31. The number of anilines is 1. The first-order valence-electron chi connectivity index (χ1n) is 9.80. The molecule has 0 bridgehead atoms. The third-order valence-corrected chi connectivity index (χ3v) is 4.79. The summed E-state index contributed by atoms with van der Waals surface area (Å²) < 4.78 is 10.7. The van der Waals surface area contributed by atoms with Crippen LogP contribution in [0.25, 0.3) is 0 Å². The second-order valence-corrected chi connectivity index (χ2v) is 6.79.